The standard InChI is InChI=1S/C17H25N3O/c1-18-14-5-6-15(19-13-14)16(21)20-11-9-17(10-12-20)7-3-2-4-8-17/h5-6,13,18H,2-4,7-12H2,1H3. The molecule has 1 aromatic heterocycles. The smallest absolute Gasteiger partial charge is 0.272 e. The van der Waals surface area contributed by atoms with E-state index < -0.39 is 0 Å². The summed E-state index contributed by atoms with van der Waals surface area (Å²) in [7, 11) is 1.85. The fourth-order valence-electron chi connectivity index (χ4n) is 3.82. The number of anilines is 1. The van der Waals surface area contributed by atoms with Gasteiger partial charge in [0.15, 0.2) is 0 Å². The van der Waals surface area contributed by atoms with Gasteiger partial charge in [0, 0.05) is 20.1 Å². The van der Waals surface area contributed by atoms with Crippen LogP contribution in [-0.4, -0.2) is 35.9 Å². The molecule has 0 radical (unpaired) electrons. The molecule has 0 bridgehead atoms. The van der Waals surface area contributed by atoms with Gasteiger partial charge in [-0.2, -0.15) is 0 Å². The summed E-state index contributed by atoms with van der Waals surface area (Å²) in [6.45, 7) is 1.79. The first-order valence-electron chi connectivity index (χ1n) is 8.16. The Labute approximate surface area is 126 Å². The molecular formula is C17H25N3O. The predicted octanol–water partition coefficient (Wildman–Crippen LogP) is 3.31. The highest BCUT2D eigenvalue weighted by Crippen LogP contribution is 2.44. The SMILES string of the molecule is CNc1ccc(C(=O)N2CCC3(CCCCC3)CC2)nc1. The van der Waals surface area contributed by atoms with Crippen LogP contribution in [0.2, 0.25) is 0 Å². The Morgan fingerprint density at radius 2 is 1.86 bits per heavy atom. The molecule has 0 atom stereocenters. The number of aromatic nitrogens is 1. The number of nitrogens with one attached hydrogen (secondary N) is 1. The lowest BCUT2D eigenvalue weighted by Crippen LogP contribution is -2.44. The lowest BCUT2D eigenvalue weighted by atomic mass is 9.68. The molecule has 1 saturated heterocycles. The fourth-order valence-corrected chi connectivity index (χ4v) is 3.82. The van der Waals surface area contributed by atoms with Gasteiger partial charge in [0.05, 0.1) is 11.9 Å². The Bertz CT molecular complexity index is 481. The van der Waals surface area contributed by atoms with Gasteiger partial charge in [0.2, 0.25) is 0 Å². The zero-order chi connectivity index (χ0) is 14.7. The summed E-state index contributed by atoms with van der Waals surface area (Å²) < 4.78 is 0. The van der Waals surface area contributed by atoms with Crippen LogP contribution in [0.5, 0.6) is 0 Å². The molecule has 1 aliphatic heterocycles. The minimum Gasteiger partial charge on any atom is -0.387 e. The second-order valence-corrected chi connectivity index (χ2v) is 6.53. The second-order valence-electron chi connectivity index (χ2n) is 6.53. The van der Waals surface area contributed by atoms with Crippen LogP contribution in [0.1, 0.15) is 55.4 Å². The van der Waals surface area contributed by atoms with Crippen molar-refractivity contribution in [3.63, 3.8) is 0 Å². The predicted molar refractivity (Wildman–Crippen MR) is 84.4 cm³/mol. The highest BCUT2D eigenvalue weighted by Gasteiger charge is 2.36. The zero-order valence-corrected chi connectivity index (χ0v) is 12.9. The third-order valence-electron chi connectivity index (χ3n) is 5.30. The van der Waals surface area contributed by atoms with Gasteiger partial charge >= 0.3 is 0 Å². The first kappa shape index (κ1) is 14.4. The van der Waals surface area contributed by atoms with Crippen molar-refractivity contribution in [2.75, 3.05) is 25.5 Å². The highest BCUT2D eigenvalue weighted by molar-refractivity contribution is 5.92. The van der Waals surface area contributed by atoms with E-state index in [1.165, 1.54) is 44.9 Å². The molecule has 0 aromatic carbocycles. The third kappa shape index (κ3) is 3.04. The zero-order valence-electron chi connectivity index (χ0n) is 12.9. The Balaban J connectivity index is 1.61. The number of piperidine rings is 1. The maximum atomic E-state index is 12.5. The van der Waals surface area contributed by atoms with Crippen LogP contribution >= 0.6 is 0 Å². The van der Waals surface area contributed by atoms with E-state index in [1.54, 1.807) is 6.20 Å². The average molecular weight is 287 g/mol. The molecule has 1 saturated carbocycles. The molecule has 2 heterocycles. The number of nitrogens with zero attached hydrogens (tertiary/aromatic N) is 2. The molecule has 1 aliphatic carbocycles. The van der Waals surface area contributed by atoms with Crippen molar-refractivity contribution in [2.45, 2.75) is 44.9 Å². The van der Waals surface area contributed by atoms with Gasteiger partial charge in [-0.1, -0.05) is 19.3 Å². The topological polar surface area (TPSA) is 45.2 Å². The Morgan fingerprint density at radius 1 is 1.14 bits per heavy atom. The van der Waals surface area contributed by atoms with Crippen LogP contribution in [0.25, 0.3) is 0 Å². The molecule has 21 heavy (non-hydrogen) atoms. The van der Waals surface area contributed by atoms with Crippen molar-refractivity contribution in [1.82, 2.24) is 9.88 Å². The van der Waals surface area contributed by atoms with Crippen molar-refractivity contribution in [2.24, 2.45) is 5.41 Å². The number of carbonyl (C=O) groups excluding carboxylic acids is 1. The van der Waals surface area contributed by atoms with E-state index in [0.717, 1.165) is 18.8 Å². The van der Waals surface area contributed by atoms with E-state index in [4.69, 9.17) is 0 Å². The molecule has 2 fully saturated rings. The van der Waals surface area contributed by atoms with Crippen LogP contribution in [0.3, 0.4) is 0 Å². The number of hydrogen-bond acceptors (Lipinski definition) is 3. The van der Waals surface area contributed by atoms with Crippen molar-refractivity contribution < 1.29 is 4.79 Å². The summed E-state index contributed by atoms with van der Waals surface area (Å²) in [4.78, 5) is 18.8. The maximum Gasteiger partial charge on any atom is 0.272 e. The summed E-state index contributed by atoms with van der Waals surface area (Å²) in [6, 6.07) is 3.73. The first-order valence-corrected chi connectivity index (χ1v) is 8.16. The van der Waals surface area contributed by atoms with Crippen LogP contribution in [0.15, 0.2) is 18.3 Å². The van der Waals surface area contributed by atoms with E-state index in [0.29, 0.717) is 11.1 Å². The van der Waals surface area contributed by atoms with E-state index >= 15 is 0 Å². The van der Waals surface area contributed by atoms with Crippen LogP contribution in [0.4, 0.5) is 5.69 Å². The van der Waals surface area contributed by atoms with E-state index in [-0.39, 0.29) is 5.91 Å². The molecular weight excluding hydrogens is 262 g/mol. The van der Waals surface area contributed by atoms with Gasteiger partial charge in [0.1, 0.15) is 5.69 Å². The third-order valence-corrected chi connectivity index (χ3v) is 5.30. The Morgan fingerprint density at radius 3 is 2.43 bits per heavy atom. The van der Waals surface area contributed by atoms with Gasteiger partial charge in [-0.25, -0.2) is 4.98 Å². The summed E-state index contributed by atoms with van der Waals surface area (Å²) >= 11 is 0. The molecule has 4 heteroatoms. The molecule has 1 spiro atoms. The number of likely N-dealkylation sites (tertiary alicyclic amines) is 1. The molecule has 3 rings (SSSR count). The summed E-state index contributed by atoms with van der Waals surface area (Å²) in [5.41, 5.74) is 2.04. The van der Waals surface area contributed by atoms with E-state index in [2.05, 4.69) is 10.3 Å². The summed E-state index contributed by atoms with van der Waals surface area (Å²) in [5.74, 6) is 0.0864. The number of amides is 1. The number of carbonyl (C=O) groups is 1. The van der Waals surface area contributed by atoms with Gasteiger partial charge in [-0.05, 0) is 43.2 Å². The Hall–Kier alpha value is -1.58. The minimum atomic E-state index is 0.0864. The lowest BCUT2D eigenvalue weighted by Gasteiger charge is -2.44. The first-order chi connectivity index (χ1) is 10.2. The molecule has 0 unspecified atom stereocenters. The van der Waals surface area contributed by atoms with E-state index in [1.807, 2.05) is 24.1 Å². The summed E-state index contributed by atoms with van der Waals surface area (Å²) in [6.07, 6.45) is 10.9. The van der Waals surface area contributed by atoms with Crippen molar-refractivity contribution in [1.29, 1.82) is 0 Å². The van der Waals surface area contributed by atoms with Crippen LogP contribution in [-0.2, 0) is 0 Å². The minimum absolute atomic E-state index is 0.0864. The highest BCUT2D eigenvalue weighted by atomic mass is 16.2. The van der Waals surface area contributed by atoms with Crippen molar-refractivity contribution in [3.05, 3.63) is 24.0 Å². The molecule has 1 aromatic rings. The van der Waals surface area contributed by atoms with Crippen LogP contribution < -0.4 is 5.32 Å². The van der Waals surface area contributed by atoms with Crippen molar-refractivity contribution >= 4 is 11.6 Å². The molecule has 1 amide bonds. The second kappa shape index (κ2) is 6.04. The number of rotatable bonds is 2. The van der Waals surface area contributed by atoms with Gasteiger partial charge < -0.3 is 10.2 Å². The van der Waals surface area contributed by atoms with E-state index in [9.17, 15) is 4.79 Å². The quantitative estimate of drug-likeness (QED) is 0.907. The largest absolute Gasteiger partial charge is 0.387 e. The molecule has 114 valence electrons. The van der Waals surface area contributed by atoms with Crippen molar-refractivity contribution in [3.8, 4) is 0 Å². The maximum absolute atomic E-state index is 12.5. The molecule has 2 aliphatic rings. The van der Waals surface area contributed by atoms with Crippen LogP contribution in [0, 0.1) is 5.41 Å². The fraction of sp³-hybridized carbons (Fsp3) is 0.647. The van der Waals surface area contributed by atoms with Gasteiger partial charge in [0.25, 0.3) is 5.91 Å². The molecule has 4 nitrogen and oxygen atoms in total. The Kier molecular flexibility index (Phi) is 4.13. The normalized spacial score (nSPS) is 21.3. The van der Waals surface area contributed by atoms with Gasteiger partial charge in [-0.15, -0.1) is 0 Å². The van der Waals surface area contributed by atoms with Gasteiger partial charge in [-0.3, -0.25) is 4.79 Å². The monoisotopic (exact) mass is 287 g/mol. The number of pyridine rings is 1. The lowest BCUT2D eigenvalue weighted by molar-refractivity contribution is 0.0467. The number of hydrogen-bond donors (Lipinski definition) is 1. The average Bonchev–Trinajstić information content (AvgIpc) is 2.56. The molecule has 1 N–H and O–H groups in total. The summed E-state index contributed by atoms with van der Waals surface area (Å²) in [5, 5.41) is 3.02.